The molecule has 0 unspecified atom stereocenters. The maximum absolute atomic E-state index is 12.4. The van der Waals surface area contributed by atoms with Crippen molar-refractivity contribution in [3.05, 3.63) is 4.13 Å². The molecule has 0 amide bonds. The van der Waals surface area contributed by atoms with E-state index in [1.54, 1.807) is 0 Å². The van der Waals surface area contributed by atoms with Gasteiger partial charge < -0.3 is 4.13 Å². The number of nitrogens with zero attached hydrogens (tertiary/aromatic N) is 1. The minimum atomic E-state index is -6.30. The van der Waals surface area contributed by atoms with E-state index in [1.807, 2.05) is 0 Å². The minimum Gasteiger partial charge on any atom is -0.387 e. The Bertz CT molecular complexity index is 613. The smallest absolute Gasteiger partial charge is 0.387 e. The zero-order chi connectivity index (χ0) is 20.5. The fraction of sp³-hybridized carbons (Fsp3) is 1.00. The molecular formula is C6H4F10LiNO6S2. The van der Waals surface area contributed by atoms with Crippen LogP contribution in [0.15, 0.2) is 0 Å². The average molecular weight is 447 g/mol. The predicted octanol–water partition coefficient (Wildman–Crippen LogP) is -0.718. The van der Waals surface area contributed by atoms with Crippen LogP contribution < -0.4 is 18.9 Å². The molecule has 0 fully saturated rings. The Hall–Kier alpha value is -0.323. The van der Waals surface area contributed by atoms with E-state index >= 15 is 0 Å². The van der Waals surface area contributed by atoms with Crippen LogP contribution in [0.1, 0.15) is 0 Å². The van der Waals surface area contributed by atoms with E-state index in [4.69, 9.17) is 0 Å². The molecule has 152 valence electrons. The van der Waals surface area contributed by atoms with Gasteiger partial charge in [-0.25, -0.2) is 16.8 Å². The average Bonchev–Trinajstić information content (AvgIpc) is 2.31. The molecule has 0 heterocycles. The van der Waals surface area contributed by atoms with Gasteiger partial charge in [-0.2, -0.15) is 43.9 Å². The summed E-state index contributed by atoms with van der Waals surface area (Å²) < 4.78 is 170. The monoisotopic (exact) mass is 447 g/mol. The molecule has 0 aliphatic heterocycles. The molecular weight excluding hydrogens is 443 g/mol. The molecule has 0 atom stereocenters. The van der Waals surface area contributed by atoms with Crippen molar-refractivity contribution < 1.29 is 88.0 Å². The molecule has 0 aromatic rings. The number of halogens is 10. The Balaban J connectivity index is 0. The van der Waals surface area contributed by atoms with Gasteiger partial charge >= 0.3 is 43.1 Å². The molecule has 26 heavy (non-hydrogen) atoms. The van der Waals surface area contributed by atoms with Crippen molar-refractivity contribution in [3.63, 3.8) is 0 Å². The van der Waals surface area contributed by atoms with E-state index < -0.39 is 58.0 Å². The molecule has 0 N–H and O–H groups in total. The van der Waals surface area contributed by atoms with Crippen molar-refractivity contribution in [1.29, 1.82) is 0 Å². The van der Waals surface area contributed by atoms with Crippen molar-refractivity contribution in [2.45, 2.75) is 24.2 Å². The largest absolute Gasteiger partial charge is 1.00 e. The molecule has 0 spiro atoms. The second-order valence-corrected chi connectivity index (χ2v) is 6.64. The third-order valence-corrected chi connectivity index (χ3v) is 4.08. The van der Waals surface area contributed by atoms with E-state index in [-0.39, 0.29) is 18.9 Å². The van der Waals surface area contributed by atoms with Crippen LogP contribution in [0.2, 0.25) is 0 Å². The minimum absolute atomic E-state index is 0. The number of hydrogen-bond acceptors (Lipinski definition) is 6. The molecule has 0 aliphatic carbocycles. The van der Waals surface area contributed by atoms with Gasteiger partial charge in [0.1, 0.15) is 13.2 Å². The molecule has 0 saturated heterocycles. The first-order chi connectivity index (χ1) is 10.6. The molecule has 0 aromatic heterocycles. The summed E-state index contributed by atoms with van der Waals surface area (Å²) in [5.41, 5.74) is 0. The number of rotatable bonds is 8. The van der Waals surface area contributed by atoms with Gasteiger partial charge in [-0.05, 0) is 0 Å². The summed E-state index contributed by atoms with van der Waals surface area (Å²) in [7, 11) is -12.3. The molecule has 0 saturated carbocycles. The summed E-state index contributed by atoms with van der Waals surface area (Å²) >= 11 is 0. The Kier molecular flexibility index (Phi) is 8.97. The van der Waals surface area contributed by atoms with Crippen LogP contribution in [-0.4, -0.2) is 54.2 Å². The first-order valence-electron chi connectivity index (χ1n) is 5.04. The van der Waals surface area contributed by atoms with Crippen molar-refractivity contribution >= 4 is 20.6 Å². The van der Waals surface area contributed by atoms with Crippen LogP contribution in [0.25, 0.3) is 4.13 Å². The van der Waals surface area contributed by atoms with Crippen LogP contribution >= 0.6 is 0 Å². The summed E-state index contributed by atoms with van der Waals surface area (Å²) in [5, 5.41) is 0. The molecule has 0 bridgehead atoms. The molecule has 0 aromatic carbocycles. The van der Waals surface area contributed by atoms with Crippen molar-refractivity contribution in [1.82, 2.24) is 0 Å². The van der Waals surface area contributed by atoms with Gasteiger partial charge in [0.05, 0.1) is 0 Å². The predicted molar refractivity (Wildman–Crippen MR) is 55.1 cm³/mol. The molecule has 0 radical (unpaired) electrons. The molecule has 20 heteroatoms. The van der Waals surface area contributed by atoms with Crippen LogP contribution in [0.3, 0.4) is 0 Å². The van der Waals surface area contributed by atoms with Gasteiger partial charge in [0.15, 0.2) is 0 Å². The van der Waals surface area contributed by atoms with E-state index in [9.17, 15) is 60.7 Å². The summed E-state index contributed by atoms with van der Waals surface area (Å²) in [6.45, 7) is -5.95. The standard InChI is InChI=1S/C6H4F10NO6S2.Li/c7-3(8,5(11,12)13)1-22-24(18,19)17-25(20,21)23-2-4(9,10)6(14,15)16;/h1-2H2;/q-1;+1. The topological polar surface area (TPSA) is 101 Å². The SMILES string of the molecule is O=S(=O)([N-]S(=O)(=O)OCC(F)(F)C(F)(F)F)OCC(F)(F)C(F)(F)F.[Li+]. The van der Waals surface area contributed by atoms with Crippen molar-refractivity contribution in [2.24, 2.45) is 0 Å². The molecule has 0 aliphatic rings. The second-order valence-electron chi connectivity index (χ2n) is 3.86. The third kappa shape index (κ3) is 8.58. The quantitative estimate of drug-likeness (QED) is 0.360. The van der Waals surface area contributed by atoms with E-state index in [0.717, 1.165) is 0 Å². The second kappa shape index (κ2) is 8.36. The Morgan fingerprint density at radius 1 is 0.615 bits per heavy atom. The summed E-state index contributed by atoms with van der Waals surface area (Å²) in [6.07, 6.45) is -12.6. The zero-order valence-corrected chi connectivity index (χ0v) is 13.5. The Morgan fingerprint density at radius 2 is 0.846 bits per heavy atom. The van der Waals surface area contributed by atoms with E-state index in [1.165, 1.54) is 4.13 Å². The maximum atomic E-state index is 12.4. The summed E-state index contributed by atoms with van der Waals surface area (Å²) in [5.74, 6) is -11.5. The van der Waals surface area contributed by atoms with Gasteiger partial charge in [0.25, 0.3) is 0 Å². The third-order valence-electron chi connectivity index (χ3n) is 1.79. The fourth-order valence-corrected chi connectivity index (χ4v) is 2.45. The van der Waals surface area contributed by atoms with Gasteiger partial charge in [-0.1, -0.05) is 0 Å². The molecule has 0 rings (SSSR count). The van der Waals surface area contributed by atoms with E-state index in [0.29, 0.717) is 0 Å². The van der Waals surface area contributed by atoms with Crippen LogP contribution in [0.5, 0.6) is 0 Å². The van der Waals surface area contributed by atoms with Crippen LogP contribution in [0.4, 0.5) is 43.9 Å². The van der Waals surface area contributed by atoms with Crippen molar-refractivity contribution in [3.8, 4) is 0 Å². The van der Waals surface area contributed by atoms with Gasteiger partial charge in [0, 0.05) is 0 Å². The van der Waals surface area contributed by atoms with Gasteiger partial charge in [-0.3, -0.25) is 8.37 Å². The normalized spacial score (nSPS) is 14.8. The summed E-state index contributed by atoms with van der Waals surface area (Å²) in [6, 6.07) is 0. The number of alkyl halides is 10. The van der Waals surface area contributed by atoms with Gasteiger partial charge in [0.2, 0.25) is 20.6 Å². The first kappa shape index (κ1) is 27.9. The Morgan fingerprint density at radius 3 is 1.04 bits per heavy atom. The zero-order valence-electron chi connectivity index (χ0n) is 11.9. The number of hydrogen-bond donors (Lipinski definition) is 0. The first-order valence-corrected chi connectivity index (χ1v) is 7.77. The fourth-order valence-electron chi connectivity index (χ4n) is 0.615. The van der Waals surface area contributed by atoms with E-state index in [2.05, 4.69) is 8.37 Å². The van der Waals surface area contributed by atoms with Crippen LogP contribution in [-0.2, 0) is 29.0 Å². The molecule has 7 nitrogen and oxygen atoms in total. The van der Waals surface area contributed by atoms with Gasteiger partial charge in [-0.15, -0.1) is 0 Å². The van der Waals surface area contributed by atoms with Crippen molar-refractivity contribution in [2.75, 3.05) is 13.2 Å². The Labute approximate surface area is 150 Å². The van der Waals surface area contributed by atoms with Crippen LogP contribution in [0, 0.1) is 0 Å². The summed E-state index contributed by atoms with van der Waals surface area (Å²) in [4.78, 5) is 0. The maximum Gasteiger partial charge on any atom is 1.00 e.